The Morgan fingerprint density at radius 2 is 1.95 bits per heavy atom. The number of carbonyl (C=O) groups excluding carboxylic acids is 1. The first-order chi connectivity index (χ1) is 9.63. The van der Waals surface area contributed by atoms with Gasteiger partial charge in [-0.15, -0.1) is 0 Å². The van der Waals surface area contributed by atoms with Gasteiger partial charge < -0.3 is 9.88 Å². The maximum absolute atomic E-state index is 12.2. The van der Waals surface area contributed by atoms with Crippen LogP contribution < -0.4 is 5.32 Å². The molecule has 0 unspecified atom stereocenters. The van der Waals surface area contributed by atoms with Crippen LogP contribution in [0.5, 0.6) is 0 Å². The minimum atomic E-state index is -0.146. The zero-order valence-corrected chi connectivity index (χ0v) is 11.4. The molecule has 0 radical (unpaired) electrons. The van der Waals surface area contributed by atoms with Crippen molar-refractivity contribution in [2.75, 3.05) is 5.32 Å². The van der Waals surface area contributed by atoms with E-state index in [-0.39, 0.29) is 5.91 Å². The van der Waals surface area contributed by atoms with Crippen LogP contribution in [0.3, 0.4) is 0 Å². The normalized spacial score (nSPS) is 10.7. The Morgan fingerprint density at radius 1 is 1.20 bits per heavy atom. The summed E-state index contributed by atoms with van der Waals surface area (Å²) in [6.07, 6.45) is 3.53. The number of fused-ring (bicyclic) bond motifs is 1. The van der Waals surface area contributed by atoms with E-state index in [1.54, 1.807) is 6.20 Å². The zero-order valence-electron chi connectivity index (χ0n) is 11.4. The lowest BCUT2D eigenvalue weighted by Gasteiger charge is -2.05. The van der Waals surface area contributed by atoms with E-state index in [0.29, 0.717) is 5.56 Å². The van der Waals surface area contributed by atoms with E-state index in [1.165, 1.54) is 0 Å². The van der Waals surface area contributed by atoms with Crippen LogP contribution in [0.15, 0.2) is 48.8 Å². The lowest BCUT2D eigenvalue weighted by atomic mass is 10.2. The second kappa shape index (κ2) is 4.81. The summed E-state index contributed by atoms with van der Waals surface area (Å²) in [4.78, 5) is 16.5. The summed E-state index contributed by atoms with van der Waals surface area (Å²) in [7, 11) is 1.93. The number of rotatable bonds is 2. The molecule has 100 valence electrons. The van der Waals surface area contributed by atoms with Crippen LogP contribution in [-0.2, 0) is 7.05 Å². The molecule has 0 aliphatic carbocycles. The van der Waals surface area contributed by atoms with Crippen molar-refractivity contribution in [2.45, 2.75) is 6.92 Å². The van der Waals surface area contributed by atoms with Crippen LogP contribution in [0, 0.1) is 6.92 Å². The van der Waals surface area contributed by atoms with Gasteiger partial charge in [-0.2, -0.15) is 0 Å². The fourth-order valence-corrected chi connectivity index (χ4v) is 2.12. The van der Waals surface area contributed by atoms with Crippen molar-refractivity contribution in [2.24, 2.45) is 7.05 Å². The minimum absolute atomic E-state index is 0.146. The molecule has 0 saturated heterocycles. The Balaban J connectivity index is 1.86. The number of hydrogen-bond acceptors (Lipinski definition) is 2. The Morgan fingerprint density at radius 3 is 2.70 bits per heavy atom. The van der Waals surface area contributed by atoms with E-state index >= 15 is 0 Å². The fourth-order valence-electron chi connectivity index (χ4n) is 2.12. The molecule has 0 fully saturated rings. The number of benzene rings is 1. The first-order valence-electron chi connectivity index (χ1n) is 6.42. The lowest BCUT2D eigenvalue weighted by molar-refractivity contribution is 0.102. The number of anilines is 1. The SMILES string of the molecule is Cc1ccc(NC(=O)c2cnc3c(ccn3C)c2)cc1. The van der Waals surface area contributed by atoms with Gasteiger partial charge in [-0.3, -0.25) is 4.79 Å². The highest BCUT2D eigenvalue weighted by Gasteiger charge is 2.09. The van der Waals surface area contributed by atoms with E-state index in [2.05, 4.69) is 10.3 Å². The van der Waals surface area contributed by atoms with Gasteiger partial charge in [0.25, 0.3) is 5.91 Å². The van der Waals surface area contributed by atoms with E-state index in [9.17, 15) is 4.79 Å². The van der Waals surface area contributed by atoms with Crippen molar-refractivity contribution in [3.63, 3.8) is 0 Å². The van der Waals surface area contributed by atoms with E-state index in [4.69, 9.17) is 0 Å². The molecule has 0 aliphatic heterocycles. The minimum Gasteiger partial charge on any atom is -0.336 e. The number of aryl methyl sites for hydroxylation is 2. The summed E-state index contributed by atoms with van der Waals surface area (Å²) in [6, 6.07) is 11.5. The van der Waals surface area contributed by atoms with Gasteiger partial charge in [0.2, 0.25) is 0 Å². The molecular weight excluding hydrogens is 250 g/mol. The van der Waals surface area contributed by atoms with Crippen LogP contribution in [0.1, 0.15) is 15.9 Å². The Hall–Kier alpha value is -2.62. The fraction of sp³-hybridized carbons (Fsp3) is 0.125. The molecule has 4 nitrogen and oxygen atoms in total. The summed E-state index contributed by atoms with van der Waals surface area (Å²) in [5.41, 5.74) is 3.38. The Labute approximate surface area is 117 Å². The summed E-state index contributed by atoms with van der Waals surface area (Å²) in [5, 5.41) is 3.83. The molecule has 1 aromatic carbocycles. The second-order valence-electron chi connectivity index (χ2n) is 4.88. The van der Waals surface area contributed by atoms with Crippen LogP contribution in [0.25, 0.3) is 11.0 Å². The maximum atomic E-state index is 12.2. The number of carbonyl (C=O) groups is 1. The van der Waals surface area contributed by atoms with Crippen molar-refractivity contribution in [1.29, 1.82) is 0 Å². The molecule has 0 saturated carbocycles. The van der Waals surface area contributed by atoms with Gasteiger partial charge in [-0.25, -0.2) is 4.98 Å². The zero-order chi connectivity index (χ0) is 14.1. The molecule has 4 heteroatoms. The number of pyridine rings is 1. The largest absolute Gasteiger partial charge is 0.336 e. The molecule has 0 aliphatic rings. The van der Waals surface area contributed by atoms with Crippen LogP contribution in [-0.4, -0.2) is 15.5 Å². The third-order valence-corrected chi connectivity index (χ3v) is 3.28. The quantitative estimate of drug-likeness (QED) is 0.773. The highest BCUT2D eigenvalue weighted by Crippen LogP contribution is 2.15. The number of nitrogens with zero attached hydrogens (tertiary/aromatic N) is 2. The maximum Gasteiger partial charge on any atom is 0.257 e. The molecule has 1 amide bonds. The van der Waals surface area contributed by atoms with Gasteiger partial charge in [-0.05, 0) is 31.2 Å². The third kappa shape index (κ3) is 2.28. The highest BCUT2D eigenvalue weighted by molar-refractivity contribution is 6.05. The van der Waals surface area contributed by atoms with Crippen molar-refractivity contribution in [3.8, 4) is 0 Å². The number of nitrogens with one attached hydrogen (secondary N) is 1. The number of hydrogen-bond donors (Lipinski definition) is 1. The molecule has 2 heterocycles. The van der Waals surface area contributed by atoms with Gasteiger partial charge >= 0.3 is 0 Å². The van der Waals surface area contributed by atoms with Crippen LogP contribution in [0.4, 0.5) is 5.69 Å². The highest BCUT2D eigenvalue weighted by atomic mass is 16.1. The number of aromatic nitrogens is 2. The topological polar surface area (TPSA) is 46.9 Å². The lowest BCUT2D eigenvalue weighted by Crippen LogP contribution is -2.12. The van der Waals surface area contributed by atoms with Gasteiger partial charge in [-0.1, -0.05) is 17.7 Å². The van der Waals surface area contributed by atoms with E-state index in [0.717, 1.165) is 22.3 Å². The van der Waals surface area contributed by atoms with Gasteiger partial charge in [0.05, 0.1) is 5.56 Å². The summed E-state index contributed by atoms with van der Waals surface area (Å²) in [6.45, 7) is 2.01. The Kier molecular flexibility index (Phi) is 2.99. The summed E-state index contributed by atoms with van der Waals surface area (Å²) >= 11 is 0. The molecular formula is C16H15N3O. The second-order valence-corrected chi connectivity index (χ2v) is 4.88. The predicted octanol–water partition coefficient (Wildman–Crippen LogP) is 3.13. The first kappa shape index (κ1) is 12.4. The molecule has 3 aromatic rings. The molecule has 2 aromatic heterocycles. The summed E-state index contributed by atoms with van der Waals surface area (Å²) < 4.78 is 1.93. The van der Waals surface area contributed by atoms with Gasteiger partial charge in [0.1, 0.15) is 5.65 Å². The standard InChI is InChI=1S/C16H15N3O/c1-11-3-5-14(6-4-11)18-16(20)13-9-12-7-8-19(2)15(12)17-10-13/h3-10H,1-2H3,(H,18,20). The van der Waals surface area contributed by atoms with E-state index in [1.807, 2.05) is 61.1 Å². The summed E-state index contributed by atoms with van der Waals surface area (Å²) in [5.74, 6) is -0.146. The predicted molar refractivity (Wildman–Crippen MR) is 79.8 cm³/mol. The Bertz CT molecular complexity index is 772. The monoisotopic (exact) mass is 265 g/mol. The average Bonchev–Trinajstić information content (AvgIpc) is 2.82. The molecule has 1 N–H and O–H groups in total. The van der Waals surface area contributed by atoms with Gasteiger partial charge in [0, 0.05) is 30.5 Å². The molecule has 3 rings (SSSR count). The smallest absolute Gasteiger partial charge is 0.257 e. The average molecular weight is 265 g/mol. The molecule has 0 atom stereocenters. The molecule has 0 bridgehead atoms. The third-order valence-electron chi connectivity index (χ3n) is 3.28. The molecule has 0 spiro atoms. The van der Waals surface area contributed by atoms with Crippen LogP contribution >= 0.6 is 0 Å². The van der Waals surface area contributed by atoms with Crippen molar-refractivity contribution in [3.05, 3.63) is 59.9 Å². The van der Waals surface area contributed by atoms with E-state index < -0.39 is 0 Å². The van der Waals surface area contributed by atoms with Crippen molar-refractivity contribution in [1.82, 2.24) is 9.55 Å². The van der Waals surface area contributed by atoms with Crippen molar-refractivity contribution < 1.29 is 4.79 Å². The molecule has 20 heavy (non-hydrogen) atoms. The first-order valence-corrected chi connectivity index (χ1v) is 6.42. The number of amides is 1. The van der Waals surface area contributed by atoms with Crippen molar-refractivity contribution >= 4 is 22.6 Å². The van der Waals surface area contributed by atoms with Gasteiger partial charge in [0.15, 0.2) is 0 Å². The van der Waals surface area contributed by atoms with Crippen LogP contribution in [0.2, 0.25) is 0 Å².